The molecule has 0 aliphatic rings. The molecule has 0 saturated carbocycles. The first kappa shape index (κ1) is 19.8. The fourth-order valence-electron chi connectivity index (χ4n) is 2.89. The SMILES string of the molecule is COc1ccc(S(=O)(=O)N(Cc2ccccc2OC)c2ccc(C)cc2)cc1. The molecule has 0 aromatic heterocycles. The van der Waals surface area contributed by atoms with Gasteiger partial charge in [0.05, 0.1) is 31.3 Å². The zero-order chi connectivity index (χ0) is 20.1. The molecule has 28 heavy (non-hydrogen) atoms. The number of anilines is 1. The van der Waals surface area contributed by atoms with Crippen LogP contribution in [0.25, 0.3) is 0 Å². The van der Waals surface area contributed by atoms with E-state index < -0.39 is 10.0 Å². The van der Waals surface area contributed by atoms with Crippen LogP contribution in [0.2, 0.25) is 0 Å². The molecule has 0 spiro atoms. The molecule has 0 amide bonds. The number of aryl methyl sites for hydroxylation is 1. The molecular weight excluding hydrogens is 374 g/mol. The monoisotopic (exact) mass is 397 g/mol. The molecule has 3 aromatic rings. The van der Waals surface area contributed by atoms with Gasteiger partial charge in [0.2, 0.25) is 0 Å². The largest absolute Gasteiger partial charge is 0.497 e. The molecule has 0 radical (unpaired) electrons. The fraction of sp³-hybridized carbons (Fsp3) is 0.182. The molecule has 0 atom stereocenters. The molecule has 0 heterocycles. The van der Waals surface area contributed by atoms with Crippen LogP contribution >= 0.6 is 0 Å². The van der Waals surface area contributed by atoms with Gasteiger partial charge >= 0.3 is 0 Å². The van der Waals surface area contributed by atoms with Crippen molar-refractivity contribution in [1.82, 2.24) is 0 Å². The lowest BCUT2D eigenvalue weighted by atomic mass is 10.2. The summed E-state index contributed by atoms with van der Waals surface area (Å²) in [5, 5.41) is 0. The van der Waals surface area contributed by atoms with E-state index in [4.69, 9.17) is 9.47 Å². The number of rotatable bonds is 7. The zero-order valence-corrected chi connectivity index (χ0v) is 16.9. The van der Waals surface area contributed by atoms with E-state index in [2.05, 4.69) is 0 Å². The van der Waals surface area contributed by atoms with Crippen LogP contribution in [0.15, 0.2) is 77.7 Å². The van der Waals surface area contributed by atoms with Crippen molar-refractivity contribution in [1.29, 1.82) is 0 Å². The smallest absolute Gasteiger partial charge is 0.264 e. The number of methoxy groups -OCH3 is 2. The summed E-state index contributed by atoms with van der Waals surface area (Å²) in [7, 11) is -0.671. The van der Waals surface area contributed by atoms with Crippen molar-refractivity contribution in [2.24, 2.45) is 0 Å². The summed E-state index contributed by atoms with van der Waals surface area (Å²) in [4.78, 5) is 0.198. The third kappa shape index (κ3) is 4.12. The minimum absolute atomic E-state index is 0.154. The summed E-state index contributed by atoms with van der Waals surface area (Å²) >= 11 is 0. The van der Waals surface area contributed by atoms with Crippen molar-refractivity contribution in [2.75, 3.05) is 18.5 Å². The second-order valence-electron chi connectivity index (χ2n) is 6.33. The van der Waals surface area contributed by atoms with Crippen LogP contribution < -0.4 is 13.8 Å². The Morgan fingerprint density at radius 3 is 2.07 bits per heavy atom. The maximum absolute atomic E-state index is 13.5. The maximum Gasteiger partial charge on any atom is 0.264 e. The van der Waals surface area contributed by atoms with Crippen molar-refractivity contribution in [2.45, 2.75) is 18.4 Å². The highest BCUT2D eigenvalue weighted by Gasteiger charge is 2.26. The molecule has 0 fully saturated rings. The number of nitrogens with zero attached hydrogens (tertiary/aromatic N) is 1. The number of ether oxygens (including phenoxy) is 2. The van der Waals surface area contributed by atoms with Gasteiger partial charge in [0, 0.05) is 5.56 Å². The Morgan fingerprint density at radius 1 is 0.821 bits per heavy atom. The Bertz CT molecular complexity index is 1030. The van der Waals surface area contributed by atoms with Crippen LogP contribution in [0.4, 0.5) is 5.69 Å². The van der Waals surface area contributed by atoms with E-state index >= 15 is 0 Å². The van der Waals surface area contributed by atoms with Crippen LogP contribution in [0, 0.1) is 6.92 Å². The van der Waals surface area contributed by atoms with Gasteiger partial charge in [-0.15, -0.1) is 0 Å². The van der Waals surface area contributed by atoms with Crippen molar-refractivity contribution in [3.63, 3.8) is 0 Å². The van der Waals surface area contributed by atoms with Crippen molar-refractivity contribution >= 4 is 15.7 Å². The van der Waals surface area contributed by atoms with Crippen LogP contribution in [-0.2, 0) is 16.6 Å². The van der Waals surface area contributed by atoms with Crippen LogP contribution in [0.1, 0.15) is 11.1 Å². The summed E-state index contributed by atoms with van der Waals surface area (Å²) in [6.45, 7) is 2.12. The highest BCUT2D eigenvalue weighted by atomic mass is 32.2. The molecule has 0 N–H and O–H groups in total. The van der Waals surface area contributed by atoms with E-state index in [0.29, 0.717) is 17.2 Å². The summed E-state index contributed by atoms with van der Waals surface area (Å²) in [5.74, 6) is 1.25. The molecular formula is C22H23NO4S. The standard InChI is InChI=1S/C22H23NO4S/c1-17-8-10-19(11-9-17)23(16-18-6-4-5-7-22(18)27-3)28(24,25)21-14-12-20(26-2)13-15-21/h4-15H,16H2,1-3H3. The topological polar surface area (TPSA) is 55.8 Å². The molecule has 3 aromatic carbocycles. The number of sulfonamides is 1. The molecule has 5 nitrogen and oxygen atoms in total. The highest BCUT2D eigenvalue weighted by Crippen LogP contribution is 2.29. The molecule has 0 unspecified atom stereocenters. The van der Waals surface area contributed by atoms with Crippen LogP contribution in [-0.4, -0.2) is 22.6 Å². The predicted octanol–water partition coefficient (Wildman–Crippen LogP) is 4.41. The minimum Gasteiger partial charge on any atom is -0.497 e. The van der Waals surface area contributed by atoms with Crippen molar-refractivity contribution in [3.05, 3.63) is 83.9 Å². The summed E-state index contributed by atoms with van der Waals surface area (Å²) in [5.41, 5.74) is 2.43. The fourth-order valence-corrected chi connectivity index (χ4v) is 4.33. The van der Waals surface area contributed by atoms with Crippen molar-refractivity contribution < 1.29 is 17.9 Å². The van der Waals surface area contributed by atoms with Crippen LogP contribution in [0.3, 0.4) is 0 Å². The quantitative estimate of drug-likeness (QED) is 0.593. The van der Waals surface area contributed by atoms with E-state index in [1.807, 2.05) is 55.5 Å². The molecule has 146 valence electrons. The summed E-state index contributed by atoms with van der Waals surface area (Å²) < 4.78 is 38.9. The van der Waals surface area contributed by atoms with Gasteiger partial charge in [0.1, 0.15) is 11.5 Å². The van der Waals surface area contributed by atoms with Gasteiger partial charge in [0.25, 0.3) is 10.0 Å². The minimum atomic E-state index is -3.79. The van der Waals surface area contributed by atoms with E-state index in [9.17, 15) is 8.42 Å². The lowest BCUT2D eigenvalue weighted by Crippen LogP contribution is -2.30. The van der Waals surface area contributed by atoms with Gasteiger partial charge in [-0.3, -0.25) is 4.31 Å². The maximum atomic E-state index is 13.5. The molecule has 0 aliphatic heterocycles. The Kier molecular flexibility index (Phi) is 5.90. The first-order valence-corrected chi connectivity index (χ1v) is 10.2. The predicted molar refractivity (Wildman–Crippen MR) is 111 cm³/mol. The van der Waals surface area contributed by atoms with Gasteiger partial charge in [-0.1, -0.05) is 35.9 Å². The Morgan fingerprint density at radius 2 is 1.46 bits per heavy atom. The number of para-hydroxylation sites is 1. The highest BCUT2D eigenvalue weighted by molar-refractivity contribution is 7.92. The average molecular weight is 397 g/mol. The lowest BCUT2D eigenvalue weighted by molar-refractivity contribution is 0.410. The Hall–Kier alpha value is -2.99. The zero-order valence-electron chi connectivity index (χ0n) is 16.1. The van der Waals surface area contributed by atoms with Gasteiger partial charge in [0.15, 0.2) is 0 Å². The Balaban J connectivity index is 2.08. The van der Waals surface area contributed by atoms with E-state index in [1.165, 1.54) is 4.31 Å². The third-order valence-electron chi connectivity index (χ3n) is 4.48. The Labute approximate surface area is 166 Å². The van der Waals surface area contributed by atoms with Gasteiger partial charge in [-0.2, -0.15) is 0 Å². The second-order valence-corrected chi connectivity index (χ2v) is 8.20. The number of hydrogen-bond acceptors (Lipinski definition) is 4. The van der Waals surface area contributed by atoms with Crippen LogP contribution in [0.5, 0.6) is 11.5 Å². The summed E-state index contributed by atoms with van der Waals surface area (Å²) in [6, 6.07) is 21.2. The molecule has 0 saturated heterocycles. The van der Waals surface area contributed by atoms with Gasteiger partial charge in [-0.25, -0.2) is 8.42 Å². The molecule has 3 rings (SSSR count). The van der Waals surface area contributed by atoms with Crippen molar-refractivity contribution in [3.8, 4) is 11.5 Å². The molecule has 0 bridgehead atoms. The number of hydrogen-bond donors (Lipinski definition) is 0. The average Bonchev–Trinajstić information content (AvgIpc) is 2.73. The van der Waals surface area contributed by atoms with Gasteiger partial charge < -0.3 is 9.47 Å². The normalized spacial score (nSPS) is 11.1. The third-order valence-corrected chi connectivity index (χ3v) is 6.26. The van der Waals surface area contributed by atoms with E-state index in [1.54, 1.807) is 38.5 Å². The van der Waals surface area contributed by atoms with E-state index in [-0.39, 0.29) is 11.4 Å². The first-order chi connectivity index (χ1) is 13.5. The van der Waals surface area contributed by atoms with E-state index in [0.717, 1.165) is 11.1 Å². The van der Waals surface area contributed by atoms with Gasteiger partial charge in [-0.05, 0) is 49.4 Å². The number of benzene rings is 3. The summed E-state index contributed by atoms with van der Waals surface area (Å²) in [6.07, 6.45) is 0. The second kappa shape index (κ2) is 8.35. The molecule has 6 heteroatoms. The lowest BCUT2D eigenvalue weighted by Gasteiger charge is -2.25. The molecule has 0 aliphatic carbocycles. The first-order valence-electron chi connectivity index (χ1n) is 8.81.